The third kappa shape index (κ3) is 5.66. The van der Waals surface area contributed by atoms with E-state index in [1.54, 1.807) is 13.2 Å². The second kappa shape index (κ2) is 10.3. The fourth-order valence-corrected chi connectivity index (χ4v) is 4.91. The predicted octanol–water partition coefficient (Wildman–Crippen LogP) is 3.77. The number of rotatable bonds is 7. The summed E-state index contributed by atoms with van der Waals surface area (Å²) in [5, 5.41) is 7.71. The number of benzene rings is 2. The number of carbonyl (C=O) groups is 1. The average Bonchev–Trinajstić information content (AvgIpc) is 2.83. The van der Waals surface area contributed by atoms with Crippen LogP contribution < -0.4 is 15.4 Å². The molecule has 2 fully saturated rings. The molecule has 2 amide bonds. The third-order valence-corrected chi connectivity index (χ3v) is 6.75. The molecule has 2 saturated heterocycles. The molecule has 2 aliphatic heterocycles. The molecule has 7 heteroatoms. The SMILES string of the molecule is COc1ccc(CN2CCC(CN3CC(C)CN(c4cccc(C(=N)N)c4)C3=O)CC2)cc1. The summed E-state index contributed by atoms with van der Waals surface area (Å²) in [6, 6.07) is 15.8. The molecule has 2 aliphatic rings. The number of nitrogens with one attached hydrogen (secondary N) is 1. The van der Waals surface area contributed by atoms with Crippen LogP contribution in [0.4, 0.5) is 10.5 Å². The first-order chi connectivity index (χ1) is 15.9. The summed E-state index contributed by atoms with van der Waals surface area (Å²) in [7, 11) is 1.69. The van der Waals surface area contributed by atoms with Gasteiger partial charge in [0.25, 0.3) is 0 Å². The van der Waals surface area contributed by atoms with Crippen molar-refractivity contribution in [3.8, 4) is 5.75 Å². The molecule has 2 heterocycles. The van der Waals surface area contributed by atoms with Crippen molar-refractivity contribution in [2.75, 3.05) is 44.7 Å². The van der Waals surface area contributed by atoms with Gasteiger partial charge in [0.2, 0.25) is 0 Å². The monoisotopic (exact) mass is 449 g/mol. The molecule has 0 saturated carbocycles. The summed E-state index contributed by atoms with van der Waals surface area (Å²) in [6.07, 6.45) is 2.21. The Morgan fingerprint density at radius 2 is 1.85 bits per heavy atom. The van der Waals surface area contributed by atoms with Crippen molar-refractivity contribution in [1.82, 2.24) is 9.80 Å². The van der Waals surface area contributed by atoms with Crippen LogP contribution in [0.3, 0.4) is 0 Å². The molecular weight excluding hydrogens is 414 g/mol. The number of carbonyl (C=O) groups excluding carboxylic acids is 1. The number of nitrogens with two attached hydrogens (primary N) is 1. The number of nitrogen functional groups attached to an aromatic ring is 1. The van der Waals surface area contributed by atoms with Gasteiger partial charge < -0.3 is 15.4 Å². The van der Waals surface area contributed by atoms with E-state index in [-0.39, 0.29) is 11.9 Å². The minimum absolute atomic E-state index is 0.0209. The maximum Gasteiger partial charge on any atom is 0.324 e. The van der Waals surface area contributed by atoms with Gasteiger partial charge in [-0.15, -0.1) is 0 Å². The molecular formula is C26H35N5O2. The highest BCUT2D eigenvalue weighted by Gasteiger charge is 2.33. The van der Waals surface area contributed by atoms with Crippen molar-refractivity contribution in [2.45, 2.75) is 26.3 Å². The van der Waals surface area contributed by atoms with Crippen LogP contribution in [0.2, 0.25) is 0 Å². The number of anilines is 1. The molecule has 0 aliphatic carbocycles. The molecule has 3 N–H and O–H groups in total. The summed E-state index contributed by atoms with van der Waals surface area (Å²) in [5.41, 5.74) is 8.43. The van der Waals surface area contributed by atoms with Gasteiger partial charge in [-0.25, -0.2) is 4.79 Å². The lowest BCUT2D eigenvalue weighted by Crippen LogP contribution is -2.54. The first-order valence-corrected chi connectivity index (χ1v) is 11.8. The number of ether oxygens (including phenoxy) is 1. The zero-order valence-electron chi connectivity index (χ0n) is 19.7. The highest BCUT2D eigenvalue weighted by atomic mass is 16.5. The van der Waals surface area contributed by atoms with Gasteiger partial charge in [-0.05, 0) is 67.6 Å². The first kappa shape index (κ1) is 23.1. The van der Waals surface area contributed by atoms with Crippen LogP contribution >= 0.6 is 0 Å². The number of likely N-dealkylation sites (tertiary alicyclic amines) is 1. The van der Waals surface area contributed by atoms with E-state index in [2.05, 4.69) is 24.0 Å². The minimum Gasteiger partial charge on any atom is -0.497 e. The highest BCUT2D eigenvalue weighted by Crippen LogP contribution is 2.27. The van der Waals surface area contributed by atoms with Gasteiger partial charge in [-0.2, -0.15) is 0 Å². The zero-order valence-corrected chi connectivity index (χ0v) is 19.7. The van der Waals surface area contributed by atoms with Crippen molar-refractivity contribution in [2.24, 2.45) is 17.6 Å². The van der Waals surface area contributed by atoms with E-state index >= 15 is 0 Å². The predicted molar refractivity (Wildman–Crippen MR) is 132 cm³/mol. The van der Waals surface area contributed by atoms with Crippen molar-refractivity contribution in [1.29, 1.82) is 5.41 Å². The molecule has 7 nitrogen and oxygen atoms in total. The number of urea groups is 1. The maximum atomic E-state index is 13.3. The summed E-state index contributed by atoms with van der Waals surface area (Å²) in [4.78, 5) is 19.7. The van der Waals surface area contributed by atoms with Crippen molar-refractivity contribution in [3.05, 3.63) is 59.7 Å². The molecule has 0 radical (unpaired) electrons. The van der Waals surface area contributed by atoms with E-state index in [1.165, 1.54) is 5.56 Å². The second-order valence-electron chi connectivity index (χ2n) is 9.43. The Hall–Kier alpha value is -3.06. The van der Waals surface area contributed by atoms with Gasteiger partial charge in [0, 0.05) is 37.4 Å². The molecule has 2 aromatic carbocycles. The number of nitrogens with zero attached hydrogens (tertiary/aromatic N) is 3. The number of methoxy groups -OCH3 is 1. The van der Waals surface area contributed by atoms with Gasteiger partial charge in [0.1, 0.15) is 11.6 Å². The Labute approximate surface area is 196 Å². The van der Waals surface area contributed by atoms with Crippen molar-refractivity contribution < 1.29 is 9.53 Å². The van der Waals surface area contributed by atoms with Crippen LogP contribution in [0.15, 0.2) is 48.5 Å². The van der Waals surface area contributed by atoms with Crippen LogP contribution in [0.25, 0.3) is 0 Å². The maximum absolute atomic E-state index is 13.3. The summed E-state index contributed by atoms with van der Waals surface area (Å²) >= 11 is 0. The molecule has 33 heavy (non-hydrogen) atoms. The van der Waals surface area contributed by atoms with E-state index in [1.807, 2.05) is 40.1 Å². The third-order valence-electron chi connectivity index (χ3n) is 6.75. The molecule has 1 unspecified atom stereocenters. The summed E-state index contributed by atoms with van der Waals surface area (Å²) in [6.45, 7) is 7.56. The Kier molecular flexibility index (Phi) is 7.18. The van der Waals surface area contributed by atoms with Gasteiger partial charge in [-0.1, -0.05) is 31.2 Å². The van der Waals surface area contributed by atoms with Gasteiger partial charge >= 0.3 is 6.03 Å². The Balaban J connectivity index is 1.33. The number of hydrogen-bond acceptors (Lipinski definition) is 4. The standard InChI is InChI=1S/C26H35N5O2/c1-19-15-30(26(32)31(16-19)23-5-3-4-22(14-23)25(27)28)18-21-10-12-29(13-11-21)17-20-6-8-24(33-2)9-7-20/h3-9,14,19,21H,10-13,15-18H2,1-2H3,(H3,27,28). The highest BCUT2D eigenvalue weighted by molar-refractivity contribution is 5.98. The Morgan fingerprint density at radius 1 is 1.12 bits per heavy atom. The summed E-state index contributed by atoms with van der Waals surface area (Å²) in [5.74, 6) is 1.82. The second-order valence-corrected chi connectivity index (χ2v) is 9.43. The van der Waals surface area contributed by atoms with Crippen LogP contribution in [-0.4, -0.2) is 61.5 Å². The van der Waals surface area contributed by atoms with Crippen molar-refractivity contribution in [3.63, 3.8) is 0 Å². The Morgan fingerprint density at radius 3 is 2.52 bits per heavy atom. The molecule has 0 aromatic heterocycles. The molecule has 1 atom stereocenters. The average molecular weight is 450 g/mol. The lowest BCUT2D eigenvalue weighted by atomic mass is 9.95. The van der Waals surface area contributed by atoms with E-state index in [9.17, 15) is 4.79 Å². The number of amides is 2. The van der Waals surface area contributed by atoms with Crippen LogP contribution in [0.1, 0.15) is 30.9 Å². The van der Waals surface area contributed by atoms with Gasteiger partial charge in [-0.3, -0.25) is 15.2 Å². The molecule has 4 rings (SSSR count). The zero-order chi connectivity index (χ0) is 23.4. The first-order valence-electron chi connectivity index (χ1n) is 11.8. The lowest BCUT2D eigenvalue weighted by molar-refractivity contribution is 0.131. The fraction of sp³-hybridized carbons (Fsp3) is 0.462. The minimum atomic E-state index is 0.0209. The number of piperidine rings is 1. The van der Waals surface area contributed by atoms with E-state index in [0.29, 0.717) is 23.9 Å². The quantitative estimate of drug-likeness (QED) is 0.498. The van der Waals surface area contributed by atoms with E-state index < -0.39 is 0 Å². The van der Waals surface area contributed by atoms with Crippen LogP contribution in [0, 0.1) is 17.2 Å². The fourth-order valence-electron chi connectivity index (χ4n) is 4.91. The van der Waals surface area contributed by atoms with E-state index in [4.69, 9.17) is 15.9 Å². The molecule has 176 valence electrons. The summed E-state index contributed by atoms with van der Waals surface area (Å²) < 4.78 is 5.25. The molecule has 0 spiro atoms. The van der Waals surface area contributed by atoms with Crippen LogP contribution in [0.5, 0.6) is 5.75 Å². The number of hydrogen-bond donors (Lipinski definition) is 2. The topological polar surface area (TPSA) is 85.9 Å². The molecule has 2 aromatic rings. The smallest absolute Gasteiger partial charge is 0.324 e. The largest absolute Gasteiger partial charge is 0.497 e. The normalized spacial score (nSPS) is 20.2. The van der Waals surface area contributed by atoms with Gasteiger partial charge in [0.05, 0.1) is 7.11 Å². The lowest BCUT2D eigenvalue weighted by Gasteiger charge is -2.42. The van der Waals surface area contributed by atoms with E-state index in [0.717, 1.165) is 57.0 Å². The van der Waals surface area contributed by atoms with Crippen molar-refractivity contribution >= 4 is 17.6 Å². The van der Waals surface area contributed by atoms with Crippen LogP contribution in [-0.2, 0) is 6.54 Å². The molecule has 0 bridgehead atoms. The van der Waals surface area contributed by atoms with Gasteiger partial charge in [0.15, 0.2) is 0 Å². The Bertz CT molecular complexity index is 969. The number of amidine groups is 1.